The number of benzene rings is 2. The second-order valence-corrected chi connectivity index (χ2v) is 5.66. The molecule has 2 aromatic carbocycles. The molecule has 2 aromatic rings. The maximum absolute atomic E-state index is 12.8. The molecule has 112 valence electrons. The predicted molar refractivity (Wildman–Crippen MR) is 89.0 cm³/mol. The second-order valence-electron chi connectivity index (χ2n) is 5.66. The quantitative estimate of drug-likeness (QED) is 0.772. The summed E-state index contributed by atoms with van der Waals surface area (Å²) in [5, 5.41) is 0. The Hall–Kier alpha value is -2.35. The fourth-order valence-corrected chi connectivity index (χ4v) is 3.02. The Morgan fingerprint density at radius 3 is 2.45 bits per heavy atom. The lowest BCUT2D eigenvalue weighted by molar-refractivity contribution is -0.117. The zero-order valence-electron chi connectivity index (χ0n) is 12.8. The summed E-state index contributed by atoms with van der Waals surface area (Å²) >= 11 is 0. The maximum Gasteiger partial charge on any atom is 0.166 e. The van der Waals surface area contributed by atoms with Crippen molar-refractivity contribution in [3.63, 3.8) is 0 Å². The summed E-state index contributed by atoms with van der Waals surface area (Å²) in [7, 11) is 1.66. The van der Waals surface area contributed by atoms with Gasteiger partial charge in [-0.25, -0.2) is 0 Å². The molecular weight excluding hydrogens is 272 g/mol. The lowest BCUT2D eigenvalue weighted by Crippen LogP contribution is -2.19. The molecule has 1 aliphatic carbocycles. The van der Waals surface area contributed by atoms with Gasteiger partial charge in [0, 0.05) is 5.92 Å². The Balaban J connectivity index is 1.84. The van der Waals surface area contributed by atoms with E-state index in [2.05, 4.69) is 12.1 Å². The van der Waals surface area contributed by atoms with Gasteiger partial charge in [0.2, 0.25) is 0 Å². The fraction of sp³-hybridized carbons (Fsp3) is 0.250. The van der Waals surface area contributed by atoms with E-state index in [1.54, 1.807) is 7.11 Å². The number of carbonyl (C=O) groups is 1. The van der Waals surface area contributed by atoms with Crippen LogP contribution in [0.3, 0.4) is 0 Å². The fourth-order valence-electron chi connectivity index (χ4n) is 3.02. The molecule has 22 heavy (non-hydrogen) atoms. The Bertz CT molecular complexity index is 669. The lowest BCUT2D eigenvalue weighted by atomic mass is 9.79. The SMILES string of the molecule is COc1ccc(/C=C2\CCC[C@H](c3ccccc3)C2=O)cc1. The first-order chi connectivity index (χ1) is 10.8. The minimum absolute atomic E-state index is 0.0134. The Kier molecular flexibility index (Phi) is 4.38. The van der Waals surface area contributed by atoms with Crippen LogP contribution in [0.4, 0.5) is 0 Å². The molecule has 0 bridgehead atoms. The van der Waals surface area contributed by atoms with Gasteiger partial charge in [-0.05, 0) is 54.2 Å². The Labute approximate surface area is 131 Å². The first-order valence-electron chi connectivity index (χ1n) is 7.72. The van der Waals surface area contributed by atoms with Crippen molar-refractivity contribution in [1.82, 2.24) is 0 Å². The number of ether oxygens (including phenoxy) is 1. The number of ketones is 1. The second kappa shape index (κ2) is 6.61. The molecule has 1 fully saturated rings. The molecule has 0 aliphatic heterocycles. The summed E-state index contributed by atoms with van der Waals surface area (Å²) in [4.78, 5) is 12.8. The van der Waals surface area contributed by atoms with Crippen molar-refractivity contribution in [2.75, 3.05) is 7.11 Å². The number of carbonyl (C=O) groups excluding carboxylic acids is 1. The maximum atomic E-state index is 12.8. The number of allylic oxidation sites excluding steroid dienone is 1. The summed E-state index contributed by atoms with van der Waals surface area (Å²) in [5.74, 6) is 1.12. The normalized spacial score (nSPS) is 20.1. The van der Waals surface area contributed by atoms with E-state index in [1.807, 2.05) is 48.5 Å². The van der Waals surface area contributed by atoms with Crippen molar-refractivity contribution < 1.29 is 9.53 Å². The van der Waals surface area contributed by atoms with E-state index in [0.29, 0.717) is 0 Å². The van der Waals surface area contributed by atoms with Crippen LogP contribution in [0.25, 0.3) is 6.08 Å². The number of Topliss-reactive ketones (excluding diaryl/α,β-unsaturated/α-hetero) is 1. The Morgan fingerprint density at radius 1 is 1.05 bits per heavy atom. The van der Waals surface area contributed by atoms with Crippen molar-refractivity contribution in [1.29, 1.82) is 0 Å². The minimum Gasteiger partial charge on any atom is -0.497 e. The molecule has 0 amide bonds. The topological polar surface area (TPSA) is 26.3 Å². The van der Waals surface area contributed by atoms with Crippen molar-refractivity contribution in [2.24, 2.45) is 0 Å². The number of hydrogen-bond donors (Lipinski definition) is 0. The highest BCUT2D eigenvalue weighted by Gasteiger charge is 2.27. The van der Waals surface area contributed by atoms with E-state index in [-0.39, 0.29) is 11.7 Å². The van der Waals surface area contributed by atoms with E-state index in [4.69, 9.17) is 4.74 Å². The van der Waals surface area contributed by atoms with Gasteiger partial charge in [-0.3, -0.25) is 4.79 Å². The van der Waals surface area contributed by atoms with Gasteiger partial charge in [0.15, 0.2) is 5.78 Å². The van der Waals surface area contributed by atoms with Crippen molar-refractivity contribution in [3.8, 4) is 5.75 Å². The zero-order valence-corrected chi connectivity index (χ0v) is 12.8. The van der Waals surface area contributed by atoms with Crippen LogP contribution < -0.4 is 4.74 Å². The Morgan fingerprint density at radius 2 is 1.77 bits per heavy atom. The van der Waals surface area contributed by atoms with Crippen LogP contribution in [0.15, 0.2) is 60.2 Å². The predicted octanol–water partition coefficient (Wildman–Crippen LogP) is 4.62. The van der Waals surface area contributed by atoms with Crippen LogP contribution in [0, 0.1) is 0 Å². The molecule has 0 spiro atoms. The highest BCUT2D eigenvalue weighted by atomic mass is 16.5. The van der Waals surface area contributed by atoms with E-state index in [1.165, 1.54) is 0 Å². The summed E-state index contributed by atoms with van der Waals surface area (Å²) in [6.45, 7) is 0. The van der Waals surface area contributed by atoms with E-state index in [9.17, 15) is 4.79 Å². The molecule has 0 saturated heterocycles. The molecule has 0 heterocycles. The van der Waals surface area contributed by atoms with Gasteiger partial charge in [0.05, 0.1) is 7.11 Å². The zero-order chi connectivity index (χ0) is 15.4. The first-order valence-corrected chi connectivity index (χ1v) is 7.72. The van der Waals surface area contributed by atoms with Crippen LogP contribution in [-0.4, -0.2) is 12.9 Å². The van der Waals surface area contributed by atoms with Gasteiger partial charge in [0.25, 0.3) is 0 Å². The van der Waals surface area contributed by atoms with Gasteiger partial charge >= 0.3 is 0 Å². The molecule has 1 aliphatic rings. The average Bonchev–Trinajstić information content (AvgIpc) is 2.58. The van der Waals surface area contributed by atoms with E-state index in [0.717, 1.165) is 41.7 Å². The van der Waals surface area contributed by atoms with Crippen LogP contribution in [0.5, 0.6) is 5.75 Å². The van der Waals surface area contributed by atoms with E-state index >= 15 is 0 Å². The molecule has 1 atom stereocenters. The minimum atomic E-state index is 0.0134. The first kappa shape index (κ1) is 14.6. The van der Waals surface area contributed by atoms with Gasteiger partial charge in [-0.2, -0.15) is 0 Å². The molecule has 0 aromatic heterocycles. The standard InChI is InChI=1S/C20H20O2/c1-22-18-12-10-15(11-13-18)14-17-8-5-9-19(20(17)21)16-6-3-2-4-7-16/h2-4,6-7,10-14,19H,5,8-9H2,1H3/b17-14+/t19-/m1/s1. The number of rotatable bonds is 3. The van der Waals surface area contributed by atoms with Crippen LogP contribution in [0.1, 0.15) is 36.3 Å². The van der Waals surface area contributed by atoms with Crippen molar-refractivity contribution in [3.05, 3.63) is 71.3 Å². The van der Waals surface area contributed by atoms with Crippen molar-refractivity contribution >= 4 is 11.9 Å². The van der Waals surface area contributed by atoms with E-state index < -0.39 is 0 Å². The molecule has 0 unspecified atom stereocenters. The summed E-state index contributed by atoms with van der Waals surface area (Å²) in [6, 6.07) is 17.9. The van der Waals surface area contributed by atoms with Crippen LogP contribution in [-0.2, 0) is 4.79 Å². The highest BCUT2D eigenvalue weighted by molar-refractivity contribution is 6.04. The third-order valence-corrected chi connectivity index (χ3v) is 4.23. The molecule has 2 nitrogen and oxygen atoms in total. The molecule has 1 saturated carbocycles. The smallest absolute Gasteiger partial charge is 0.166 e. The third kappa shape index (κ3) is 3.11. The lowest BCUT2D eigenvalue weighted by Gasteiger charge is -2.23. The van der Waals surface area contributed by atoms with Crippen molar-refractivity contribution in [2.45, 2.75) is 25.2 Å². The highest BCUT2D eigenvalue weighted by Crippen LogP contribution is 2.33. The monoisotopic (exact) mass is 292 g/mol. The van der Waals surface area contributed by atoms with Gasteiger partial charge in [-0.1, -0.05) is 42.5 Å². The number of hydrogen-bond acceptors (Lipinski definition) is 2. The summed E-state index contributed by atoms with van der Waals surface area (Å²) < 4.78 is 5.17. The number of methoxy groups -OCH3 is 1. The average molecular weight is 292 g/mol. The molecule has 0 radical (unpaired) electrons. The van der Waals surface area contributed by atoms with Gasteiger partial charge in [-0.15, -0.1) is 0 Å². The molecule has 3 rings (SSSR count). The van der Waals surface area contributed by atoms with Gasteiger partial charge in [0.1, 0.15) is 5.75 Å². The van der Waals surface area contributed by atoms with Crippen LogP contribution in [0.2, 0.25) is 0 Å². The summed E-state index contributed by atoms with van der Waals surface area (Å²) in [5.41, 5.74) is 3.12. The molecular formula is C20H20O2. The summed E-state index contributed by atoms with van der Waals surface area (Å²) in [6.07, 6.45) is 4.90. The molecule has 0 N–H and O–H groups in total. The van der Waals surface area contributed by atoms with Crippen LogP contribution >= 0.6 is 0 Å². The van der Waals surface area contributed by atoms with Gasteiger partial charge < -0.3 is 4.74 Å². The third-order valence-electron chi connectivity index (χ3n) is 4.23. The molecule has 2 heteroatoms. The largest absolute Gasteiger partial charge is 0.497 e.